The van der Waals surface area contributed by atoms with Gasteiger partial charge in [0.1, 0.15) is 0 Å². The van der Waals surface area contributed by atoms with Crippen LogP contribution in [0.25, 0.3) is 11.5 Å². The maximum absolute atomic E-state index is 6.11. The van der Waals surface area contributed by atoms with E-state index < -0.39 is 0 Å². The van der Waals surface area contributed by atoms with Gasteiger partial charge in [0.25, 0.3) is 5.89 Å². The van der Waals surface area contributed by atoms with Crippen molar-refractivity contribution >= 4 is 0 Å². The predicted molar refractivity (Wildman–Crippen MR) is 70.9 cm³/mol. The van der Waals surface area contributed by atoms with Crippen LogP contribution in [0, 0.1) is 12.3 Å². The topological polar surface area (TPSA) is 64.9 Å². The van der Waals surface area contributed by atoms with Crippen LogP contribution in [0.1, 0.15) is 38.2 Å². The first kappa shape index (κ1) is 12.8. The molecule has 0 aliphatic carbocycles. The van der Waals surface area contributed by atoms with E-state index in [9.17, 15) is 0 Å². The minimum Gasteiger partial charge on any atom is -0.334 e. The summed E-state index contributed by atoms with van der Waals surface area (Å²) in [7, 11) is 0. The summed E-state index contributed by atoms with van der Waals surface area (Å²) in [5.41, 5.74) is 8.10. The average molecular weight is 245 g/mol. The number of hydrogen-bond acceptors (Lipinski definition) is 4. The molecule has 0 fully saturated rings. The molecule has 96 valence electrons. The minimum absolute atomic E-state index is 0.0895. The Labute approximate surface area is 107 Å². The van der Waals surface area contributed by atoms with Crippen molar-refractivity contribution < 1.29 is 4.52 Å². The molecule has 2 aromatic rings. The van der Waals surface area contributed by atoms with Crippen LogP contribution in [0.5, 0.6) is 0 Å². The highest BCUT2D eigenvalue weighted by Crippen LogP contribution is 2.29. The monoisotopic (exact) mass is 245 g/mol. The SMILES string of the molecule is Cc1cccc(-c2nc(C(N)C(C)(C)C)no2)c1. The molecule has 0 amide bonds. The van der Waals surface area contributed by atoms with Crippen LogP contribution >= 0.6 is 0 Å². The highest BCUT2D eigenvalue weighted by Gasteiger charge is 2.27. The molecule has 2 N–H and O–H groups in total. The molecule has 0 aliphatic rings. The van der Waals surface area contributed by atoms with Gasteiger partial charge in [0.05, 0.1) is 6.04 Å². The minimum atomic E-state index is -0.236. The van der Waals surface area contributed by atoms with Crippen molar-refractivity contribution in [3.05, 3.63) is 35.7 Å². The smallest absolute Gasteiger partial charge is 0.257 e. The van der Waals surface area contributed by atoms with Crippen molar-refractivity contribution in [3.63, 3.8) is 0 Å². The molecule has 0 saturated carbocycles. The highest BCUT2D eigenvalue weighted by molar-refractivity contribution is 5.53. The van der Waals surface area contributed by atoms with Gasteiger partial charge in [-0.3, -0.25) is 0 Å². The van der Waals surface area contributed by atoms with Gasteiger partial charge < -0.3 is 10.3 Å². The van der Waals surface area contributed by atoms with E-state index in [0.29, 0.717) is 11.7 Å². The second-order valence-electron chi connectivity index (χ2n) is 5.67. The molecular weight excluding hydrogens is 226 g/mol. The lowest BCUT2D eigenvalue weighted by Crippen LogP contribution is -2.27. The van der Waals surface area contributed by atoms with Gasteiger partial charge in [-0.25, -0.2) is 0 Å². The number of aryl methyl sites for hydroxylation is 1. The summed E-state index contributed by atoms with van der Waals surface area (Å²) < 4.78 is 5.28. The van der Waals surface area contributed by atoms with E-state index in [1.165, 1.54) is 0 Å². The third-order valence-corrected chi connectivity index (χ3v) is 2.92. The molecule has 0 spiro atoms. The second kappa shape index (κ2) is 4.53. The zero-order valence-corrected chi connectivity index (χ0v) is 11.3. The number of nitrogens with zero attached hydrogens (tertiary/aromatic N) is 2. The lowest BCUT2D eigenvalue weighted by atomic mass is 9.87. The van der Waals surface area contributed by atoms with E-state index in [4.69, 9.17) is 10.3 Å². The van der Waals surface area contributed by atoms with Crippen LogP contribution in [-0.2, 0) is 0 Å². The maximum Gasteiger partial charge on any atom is 0.257 e. The van der Waals surface area contributed by atoms with E-state index in [0.717, 1.165) is 11.1 Å². The molecule has 18 heavy (non-hydrogen) atoms. The average Bonchev–Trinajstić information content (AvgIpc) is 2.75. The predicted octanol–water partition coefficient (Wildman–Crippen LogP) is 3.09. The lowest BCUT2D eigenvalue weighted by Gasteiger charge is -2.23. The quantitative estimate of drug-likeness (QED) is 0.883. The molecule has 2 rings (SSSR count). The summed E-state index contributed by atoms with van der Waals surface area (Å²) in [5.74, 6) is 1.08. The second-order valence-corrected chi connectivity index (χ2v) is 5.67. The molecule has 0 radical (unpaired) electrons. The number of aromatic nitrogens is 2. The van der Waals surface area contributed by atoms with Crippen molar-refractivity contribution in [2.45, 2.75) is 33.7 Å². The van der Waals surface area contributed by atoms with Crippen molar-refractivity contribution in [2.75, 3.05) is 0 Å². The number of nitrogens with two attached hydrogens (primary N) is 1. The van der Waals surface area contributed by atoms with Gasteiger partial charge in [0.2, 0.25) is 0 Å². The molecule has 0 bridgehead atoms. The molecule has 1 heterocycles. The number of hydrogen-bond donors (Lipinski definition) is 1. The number of rotatable bonds is 2. The summed E-state index contributed by atoms with van der Waals surface area (Å²) in [6, 6.07) is 7.73. The molecule has 0 saturated heterocycles. The summed E-state index contributed by atoms with van der Waals surface area (Å²) in [5, 5.41) is 3.98. The van der Waals surface area contributed by atoms with Gasteiger partial charge in [-0.15, -0.1) is 0 Å². The van der Waals surface area contributed by atoms with Crippen molar-refractivity contribution in [1.82, 2.24) is 10.1 Å². The summed E-state index contributed by atoms with van der Waals surface area (Å²) in [4.78, 5) is 4.39. The van der Waals surface area contributed by atoms with Crippen LogP contribution in [0.3, 0.4) is 0 Å². The maximum atomic E-state index is 6.11. The van der Waals surface area contributed by atoms with E-state index in [1.807, 2.05) is 31.2 Å². The van der Waals surface area contributed by atoms with Crippen LogP contribution in [0.2, 0.25) is 0 Å². The van der Waals surface area contributed by atoms with E-state index in [2.05, 4.69) is 30.9 Å². The first-order valence-electron chi connectivity index (χ1n) is 6.04. The Morgan fingerprint density at radius 2 is 2.00 bits per heavy atom. The molecule has 4 heteroatoms. The van der Waals surface area contributed by atoms with Crippen LogP contribution < -0.4 is 5.73 Å². The highest BCUT2D eigenvalue weighted by atomic mass is 16.5. The van der Waals surface area contributed by atoms with Gasteiger partial charge in [-0.05, 0) is 24.5 Å². The Balaban J connectivity index is 2.31. The van der Waals surface area contributed by atoms with Crippen molar-refractivity contribution in [3.8, 4) is 11.5 Å². The Morgan fingerprint density at radius 1 is 1.28 bits per heavy atom. The Kier molecular flexibility index (Phi) is 3.22. The summed E-state index contributed by atoms with van der Waals surface area (Å²) in [6.07, 6.45) is 0. The zero-order valence-electron chi connectivity index (χ0n) is 11.3. The molecular formula is C14H19N3O. The fourth-order valence-corrected chi connectivity index (χ4v) is 1.64. The molecule has 1 unspecified atom stereocenters. The number of benzene rings is 1. The van der Waals surface area contributed by atoms with E-state index in [1.54, 1.807) is 0 Å². The fraction of sp³-hybridized carbons (Fsp3) is 0.429. The molecule has 0 aliphatic heterocycles. The molecule has 1 aromatic carbocycles. The first-order chi connectivity index (χ1) is 8.38. The third-order valence-electron chi connectivity index (χ3n) is 2.92. The largest absolute Gasteiger partial charge is 0.334 e. The van der Waals surface area contributed by atoms with Gasteiger partial charge in [0.15, 0.2) is 5.82 Å². The van der Waals surface area contributed by atoms with E-state index >= 15 is 0 Å². The normalized spacial score (nSPS) is 13.6. The van der Waals surface area contributed by atoms with Crippen molar-refractivity contribution in [2.24, 2.45) is 11.1 Å². The molecule has 4 nitrogen and oxygen atoms in total. The Morgan fingerprint density at radius 3 is 2.61 bits per heavy atom. The third kappa shape index (κ3) is 2.59. The summed E-state index contributed by atoms with van der Waals surface area (Å²) >= 11 is 0. The molecule has 1 aromatic heterocycles. The fourth-order valence-electron chi connectivity index (χ4n) is 1.64. The van der Waals surface area contributed by atoms with Gasteiger partial charge in [-0.1, -0.05) is 43.6 Å². The van der Waals surface area contributed by atoms with Gasteiger partial charge in [0, 0.05) is 5.56 Å². The van der Waals surface area contributed by atoms with Crippen LogP contribution in [-0.4, -0.2) is 10.1 Å². The Bertz CT molecular complexity index is 540. The van der Waals surface area contributed by atoms with Gasteiger partial charge >= 0.3 is 0 Å². The first-order valence-corrected chi connectivity index (χ1v) is 6.04. The van der Waals surface area contributed by atoms with E-state index in [-0.39, 0.29) is 11.5 Å². The lowest BCUT2D eigenvalue weighted by molar-refractivity contribution is 0.303. The summed E-state index contributed by atoms with van der Waals surface area (Å²) in [6.45, 7) is 8.20. The zero-order chi connectivity index (χ0) is 13.3. The van der Waals surface area contributed by atoms with Crippen LogP contribution in [0.4, 0.5) is 0 Å². The van der Waals surface area contributed by atoms with Crippen LogP contribution in [0.15, 0.2) is 28.8 Å². The Hall–Kier alpha value is -1.68. The van der Waals surface area contributed by atoms with Crippen molar-refractivity contribution in [1.29, 1.82) is 0 Å². The molecule has 1 atom stereocenters. The standard InChI is InChI=1S/C14H19N3O/c1-9-6-5-7-10(8-9)13-16-12(17-18-13)11(15)14(2,3)4/h5-8,11H,15H2,1-4H3. The van der Waals surface area contributed by atoms with Gasteiger partial charge in [-0.2, -0.15) is 4.98 Å².